The summed E-state index contributed by atoms with van der Waals surface area (Å²) in [7, 11) is 0. The third kappa shape index (κ3) is 17.2. The molecule has 0 rings (SSSR count). The highest BCUT2D eigenvalue weighted by molar-refractivity contribution is 5.85. The molecular weight excluding hydrogens is 131 g/mol. The van der Waals surface area contributed by atoms with E-state index in [0.29, 0.717) is 6.61 Å². The third-order valence-corrected chi connectivity index (χ3v) is 0.348. The Morgan fingerprint density at radius 1 is 1.62 bits per heavy atom. The highest BCUT2D eigenvalue weighted by Crippen LogP contribution is 1.69. The van der Waals surface area contributed by atoms with Crippen LogP contribution in [0.2, 0.25) is 0 Å². The van der Waals surface area contributed by atoms with Crippen molar-refractivity contribution in [1.82, 2.24) is 0 Å². The van der Waals surface area contributed by atoms with Crippen LogP contribution in [0, 0.1) is 0 Å². The first-order valence-electron chi connectivity index (χ1n) is 1.90. The molecule has 0 atom stereocenters. The van der Waals surface area contributed by atoms with E-state index in [1.54, 1.807) is 6.92 Å². The first kappa shape index (κ1) is 15.6. The Morgan fingerprint density at radius 2 is 2.00 bits per heavy atom. The van der Waals surface area contributed by atoms with Gasteiger partial charge in [-0.25, -0.2) is 0 Å². The second kappa shape index (κ2) is 9.87. The molecule has 0 aromatic carbocycles. The lowest BCUT2D eigenvalue weighted by atomic mass is 10.8. The molecule has 0 aromatic heterocycles. The van der Waals surface area contributed by atoms with Crippen molar-refractivity contribution >= 4 is 18.4 Å². The number of rotatable bonds is 1. The average Bonchev–Trinajstić information content (AvgIpc) is 1.35. The second-order valence-corrected chi connectivity index (χ2v) is 0.925. The van der Waals surface area contributed by atoms with Crippen molar-refractivity contribution in [2.24, 2.45) is 0 Å². The van der Waals surface area contributed by atoms with Gasteiger partial charge in [-0.2, -0.15) is 0 Å². The van der Waals surface area contributed by atoms with Crippen molar-refractivity contribution in [3.05, 3.63) is 0 Å². The summed E-state index contributed by atoms with van der Waals surface area (Å²) in [6, 6.07) is 0. The molecule has 0 unspecified atom stereocenters. The molecule has 52 valence electrons. The van der Waals surface area contributed by atoms with E-state index in [-0.39, 0.29) is 23.9 Å². The van der Waals surface area contributed by atoms with E-state index in [2.05, 4.69) is 4.74 Å². The van der Waals surface area contributed by atoms with Crippen LogP contribution in [-0.2, 0) is 9.53 Å². The molecule has 0 radical (unpaired) electrons. The van der Waals surface area contributed by atoms with Crippen LogP contribution in [0.25, 0.3) is 0 Å². The van der Waals surface area contributed by atoms with Gasteiger partial charge in [-0.1, -0.05) is 0 Å². The van der Waals surface area contributed by atoms with Crippen LogP contribution in [0.3, 0.4) is 0 Å². The van der Waals surface area contributed by atoms with E-state index in [9.17, 15) is 4.79 Å². The fraction of sp³-hybridized carbons (Fsp3) is 0.750. The van der Waals surface area contributed by atoms with Gasteiger partial charge < -0.3 is 10.2 Å². The van der Waals surface area contributed by atoms with Crippen LogP contribution in [0.1, 0.15) is 13.8 Å². The Hall–Kier alpha value is -0.280. The first-order valence-corrected chi connectivity index (χ1v) is 1.90. The summed E-state index contributed by atoms with van der Waals surface area (Å²) in [4.78, 5) is 9.82. The van der Waals surface area contributed by atoms with Crippen molar-refractivity contribution < 1.29 is 15.0 Å². The molecule has 0 aliphatic rings. The SMILES string of the molecule is CCOC(C)=O.Cl.O. The number of carbonyl (C=O) groups excluding carboxylic acids is 1. The van der Waals surface area contributed by atoms with Gasteiger partial charge in [0.2, 0.25) is 0 Å². The van der Waals surface area contributed by atoms with Gasteiger partial charge in [0.25, 0.3) is 0 Å². The van der Waals surface area contributed by atoms with Gasteiger partial charge >= 0.3 is 5.97 Å². The molecular formula is C4H11ClO3. The molecule has 4 heteroatoms. The first-order chi connectivity index (χ1) is 2.77. The van der Waals surface area contributed by atoms with Crippen LogP contribution in [0.4, 0.5) is 0 Å². The molecule has 0 spiro atoms. The lowest BCUT2D eigenvalue weighted by Crippen LogP contribution is -1.95. The minimum Gasteiger partial charge on any atom is -0.466 e. The zero-order chi connectivity index (χ0) is 4.99. The lowest BCUT2D eigenvalue weighted by molar-refractivity contribution is -0.140. The molecule has 0 aliphatic heterocycles. The van der Waals surface area contributed by atoms with Gasteiger partial charge in [-0.15, -0.1) is 12.4 Å². The number of ether oxygens (including phenoxy) is 1. The zero-order valence-corrected chi connectivity index (χ0v) is 5.75. The number of hydrogen-bond acceptors (Lipinski definition) is 2. The molecule has 0 saturated carbocycles. The van der Waals surface area contributed by atoms with Gasteiger partial charge in [0, 0.05) is 6.92 Å². The molecule has 2 N–H and O–H groups in total. The van der Waals surface area contributed by atoms with E-state index in [1.807, 2.05) is 0 Å². The zero-order valence-electron chi connectivity index (χ0n) is 4.93. The van der Waals surface area contributed by atoms with E-state index >= 15 is 0 Å². The Morgan fingerprint density at radius 3 is 2.00 bits per heavy atom. The molecule has 3 nitrogen and oxygen atoms in total. The molecule has 0 aromatic rings. The van der Waals surface area contributed by atoms with Crippen LogP contribution in [0.15, 0.2) is 0 Å². The molecule has 0 bridgehead atoms. The van der Waals surface area contributed by atoms with Gasteiger partial charge in [0.1, 0.15) is 0 Å². The summed E-state index contributed by atoms with van der Waals surface area (Å²) in [5, 5.41) is 0. The van der Waals surface area contributed by atoms with E-state index < -0.39 is 0 Å². The minimum atomic E-state index is -0.211. The second-order valence-electron chi connectivity index (χ2n) is 0.925. The van der Waals surface area contributed by atoms with Crippen LogP contribution in [-0.4, -0.2) is 18.1 Å². The number of hydrogen-bond donors (Lipinski definition) is 0. The molecule has 0 saturated heterocycles. The van der Waals surface area contributed by atoms with Crippen LogP contribution in [0.5, 0.6) is 0 Å². The van der Waals surface area contributed by atoms with Gasteiger partial charge in [-0.05, 0) is 6.92 Å². The topological polar surface area (TPSA) is 57.8 Å². The summed E-state index contributed by atoms with van der Waals surface area (Å²) in [5.41, 5.74) is 0. The summed E-state index contributed by atoms with van der Waals surface area (Å²) >= 11 is 0. The Balaban J connectivity index is -0.000000125. The van der Waals surface area contributed by atoms with Gasteiger partial charge in [0.05, 0.1) is 6.61 Å². The predicted octanol–water partition coefficient (Wildman–Crippen LogP) is 0.166. The van der Waals surface area contributed by atoms with Crippen molar-refractivity contribution in [2.45, 2.75) is 13.8 Å². The van der Waals surface area contributed by atoms with Crippen molar-refractivity contribution in [1.29, 1.82) is 0 Å². The molecule has 0 heterocycles. The van der Waals surface area contributed by atoms with Gasteiger partial charge in [-0.3, -0.25) is 4.79 Å². The highest BCUT2D eigenvalue weighted by Gasteiger charge is 1.81. The van der Waals surface area contributed by atoms with E-state index in [1.165, 1.54) is 6.92 Å². The summed E-state index contributed by atoms with van der Waals surface area (Å²) in [6.07, 6.45) is 0. The van der Waals surface area contributed by atoms with E-state index in [4.69, 9.17) is 0 Å². The lowest BCUT2D eigenvalue weighted by Gasteiger charge is -1.89. The molecule has 0 aliphatic carbocycles. The largest absolute Gasteiger partial charge is 0.466 e. The van der Waals surface area contributed by atoms with Crippen LogP contribution < -0.4 is 0 Å². The summed E-state index contributed by atoms with van der Waals surface area (Å²) < 4.78 is 4.40. The van der Waals surface area contributed by atoms with Crippen LogP contribution >= 0.6 is 12.4 Å². The van der Waals surface area contributed by atoms with Crippen molar-refractivity contribution in [3.8, 4) is 0 Å². The maximum atomic E-state index is 9.82. The molecule has 0 fully saturated rings. The van der Waals surface area contributed by atoms with Crippen molar-refractivity contribution in [2.75, 3.05) is 6.61 Å². The van der Waals surface area contributed by atoms with Gasteiger partial charge in [0.15, 0.2) is 0 Å². The predicted molar refractivity (Wildman–Crippen MR) is 33.2 cm³/mol. The summed E-state index contributed by atoms with van der Waals surface area (Å²) in [6.45, 7) is 3.65. The maximum absolute atomic E-state index is 9.82. The Bertz CT molecular complexity index is 55.2. The smallest absolute Gasteiger partial charge is 0.302 e. The average molecular weight is 143 g/mol. The molecule has 8 heavy (non-hydrogen) atoms. The minimum absolute atomic E-state index is 0. The normalized spacial score (nSPS) is 5.75. The number of esters is 1. The fourth-order valence-corrected chi connectivity index (χ4v) is 0.203. The van der Waals surface area contributed by atoms with Crippen molar-refractivity contribution in [3.63, 3.8) is 0 Å². The number of halogens is 1. The quantitative estimate of drug-likeness (QED) is 0.490. The number of carbonyl (C=O) groups is 1. The third-order valence-electron chi connectivity index (χ3n) is 0.348. The standard InChI is InChI=1S/C4H8O2.ClH.H2O/c1-3-6-4(2)5;;/h3H2,1-2H3;1H;1H2. The van der Waals surface area contributed by atoms with E-state index in [0.717, 1.165) is 0 Å². The monoisotopic (exact) mass is 142 g/mol. The molecule has 0 amide bonds. The maximum Gasteiger partial charge on any atom is 0.302 e. The fourth-order valence-electron chi connectivity index (χ4n) is 0.203. The Kier molecular flexibility index (Phi) is 19.3. The summed E-state index contributed by atoms with van der Waals surface area (Å²) in [5.74, 6) is -0.211. The Labute approximate surface area is 54.7 Å². The highest BCUT2D eigenvalue weighted by atomic mass is 35.5.